The molecule has 1 N–H and O–H groups in total. The van der Waals surface area contributed by atoms with Crippen molar-refractivity contribution in [2.24, 2.45) is 0 Å². The summed E-state index contributed by atoms with van der Waals surface area (Å²) >= 11 is 0. The summed E-state index contributed by atoms with van der Waals surface area (Å²) < 4.78 is 24.9. The van der Waals surface area contributed by atoms with E-state index in [-0.39, 0.29) is 5.75 Å². The molecule has 1 heterocycles. The van der Waals surface area contributed by atoms with E-state index in [2.05, 4.69) is 10.4 Å². The van der Waals surface area contributed by atoms with Crippen LogP contribution in [-0.2, 0) is 22.9 Å². The number of aryl methyl sites for hydroxylation is 1. The summed E-state index contributed by atoms with van der Waals surface area (Å²) in [4.78, 5) is 0. The van der Waals surface area contributed by atoms with Crippen LogP contribution in [0.15, 0.2) is 12.4 Å². The van der Waals surface area contributed by atoms with Crippen molar-refractivity contribution in [2.75, 3.05) is 12.3 Å². The molecule has 0 radical (unpaired) electrons. The molecule has 104 valence electrons. The van der Waals surface area contributed by atoms with Crippen molar-refractivity contribution in [1.29, 1.82) is 0 Å². The third-order valence-corrected chi connectivity index (χ3v) is 5.37. The van der Waals surface area contributed by atoms with E-state index in [1.807, 2.05) is 13.1 Å². The maximum Gasteiger partial charge on any atom is 0.157 e. The molecule has 0 aromatic carbocycles. The van der Waals surface area contributed by atoms with Crippen molar-refractivity contribution in [2.45, 2.75) is 45.5 Å². The smallest absolute Gasteiger partial charge is 0.157 e. The van der Waals surface area contributed by atoms with Crippen LogP contribution in [0.4, 0.5) is 0 Å². The van der Waals surface area contributed by atoms with E-state index in [1.54, 1.807) is 31.6 Å². The van der Waals surface area contributed by atoms with Crippen LogP contribution < -0.4 is 5.32 Å². The van der Waals surface area contributed by atoms with Crippen molar-refractivity contribution in [1.82, 2.24) is 15.1 Å². The number of aromatic nitrogens is 2. The van der Waals surface area contributed by atoms with Crippen LogP contribution in [0.3, 0.4) is 0 Å². The lowest BCUT2D eigenvalue weighted by Gasteiger charge is -2.18. The van der Waals surface area contributed by atoms with E-state index in [0.29, 0.717) is 6.54 Å². The summed E-state index contributed by atoms with van der Waals surface area (Å²) in [6.07, 6.45) is 3.66. The van der Waals surface area contributed by atoms with Gasteiger partial charge in [-0.2, -0.15) is 5.10 Å². The van der Waals surface area contributed by atoms with Crippen LogP contribution in [-0.4, -0.2) is 35.2 Å². The molecule has 0 saturated carbocycles. The quantitative estimate of drug-likeness (QED) is 0.846. The first-order valence-corrected chi connectivity index (χ1v) is 7.86. The van der Waals surface area contributed by atoms with Gasteiger partial charge in [-0.05, 0) is 27.3 Å². The second-order valence-corrected chi connectivity index (χ2v) is 8.19. The lowest BCUT2D eigenvalue weighted by atomic mass is 10.3. The van der Waals surface area contributed by atoms with Gasteiger partial charge in [0, 0.05) is 18.3 Å². The van der Waals surface area contributed by atoms with Gasteiger partial charge in [-0.15, -0.1) is 0 Å². The minimum Gasteiger partial charge on any atom is -0.313 e. The topological polar surface area (TPSA) is 64.0 Å². The Hall–Kier alpha value is -0.880. The van der Waals surface area contributed by atoms with Gasteiger partial charge in [0.15, 0.2) is 9.84 Å². The highest BCUT2D eigenvalue weighted by atomic mass is 32.2. The van der Waals surface area contributed by atoms with Crippen LogP contribution in [0.5, 0.6) is 0 Å². The summed E-state index contributed by atoms with van der Waals surface area (Å²) in [5.41, 5.74) is 1.07. The highest BCUT2D eigenvalue weighted by molar-refractivity contribution is 7.92. The highest BCUT2D eigenvalue weighted by Crippen LogP contribution is 2.16. The average molecular weight is 273 g/mol. The Morgan fingerprint density at radius 1 is 1.39 bits per heavy atom. The summed E-state index contributed by atoms with van der Waals surface area (Å²) in [5.74, 6) is 0.124. The van der Waals surface area contributed by atoms with Crippen molar-refractivity contribution in [3.63, 3.8) is 0 Å². The number of hydrogen-bond donors (Lipinski definition) is 1. The number of sulfone groups is 1. The molecule has 0 atom stereocenters. The molecule has 1 aromatic rings. The maximum atomic E-state index is 12.0. The monoisotopic (exact) mass is 273 g/mol. The van der Waals surface area contributed by atoms with Gasteiger partial charge in [-0.3, -0.25) is 4.68 Å². The predicted octanol–water partition coefficient (Wildman–Crippen LogP) is 1.21. The molecule has 18 heavy (non-hydrogen) atoms. The maximum absolute atomic E-state index is 12.0. The minimum atomic E-state index is -3.08. The normalized spacial score (nSPS) is 12.9. The van der Waals surface area contributed by atoms with E-state index < -0.39 is 14.6 Å². The van der Waals surface area contributed by atoms with Crippen molar-refractivity contribution in [3.8, 4) is 0 Å². The molecular weight excluding hydrogens is 250 g/mol. The first-order chi connectivity index (χ1) is 8.26. The number of hydrogen-bond acceptors (Lipinski definition) is 4. The van der Waals surface area contributed by atoms with Gasteiger partial charge in [0.2, 0.25) is 0 Å². The number of nitrogens with zero attached hydrogens (tertiary/aromatic N) is 2. The Labute approximate surface area is 109 Å². The summed E-state index contributed by atoms with van der Waals surface area (Å²) in [6, 6.07) is 0. The summed E-state index contributed by atoms with van der Waals surface area (Å²) in [6.45, 7) is 9.30. The predicted molar refractivity (Wildman–Crippen MR) is 73.1 cm³/mol. The highest BCUT2D eigenvalue weighted by Gasteiger charge is 2.28. The number of rotatable bonds is 6. The molecule has 1 rings (SSSR count). The third kappa shape index (κ3) is 4.10. The van der Waals surface area contributed by atoms with Crippen molar-refractivity contribution < 1.29 is 8.42 Å². The zero-order chi connectivity index (χ0) is 13.8. The van der Waals surface area contributed by atoms with Gasteiger partial charge in [-0.1, -0.05) is 6.92 Å². The van der Waals surface area contributed by atoms with E-state index in [4.69, 9.17) is 0 Å². The fourth-order valence-corrected chi connectivity index (χ4v) is 2.45. The first-order valence-electron chi connectivity index (χ1n) is 6.20. The van der Waals surface area contributed by atoms with Crippen LogP contribution in [0.2, 0.25) is 0 Å². The van der Waals surface area contributed by atoms with E-state index in [9.17, 15) is 8.42 Å². The first kappa shape index (κ1) is 15.2. The molecule has 0 spiro atoms. The SMILES string of the molecule is CCNCc1cnn(CCS(=O)(=O)C(C)(C)C)c1. The Balaban J connectivity index is 2.57. The van der Waals surface area contributed by atoms with Gasteiger partial charge in [0.05, 0.1) is 23.2 Å². The largest absolute Gasteiger partial charge is 0.313 e. The molecule has 6 heteroatoms. The van der Waals surface area contributed by atoms with Crippen LogP contribution in [0, 0.1) is 0 Å². The molecule has 0 saturated heterocycles. The van der Waals surface area contributed by atoms with Crippen LogP contribution >= 0.6 is 0 Å². The van der Waals surface area contributed by atoms with Gasteiger partial charge >= 0.3 is 0 Å². The van der Waals surface area contributed by atoms with Crippen molar-refractivity contribution >= 4 is 9.84 Å². The Kier molecular flexibility index (Phi) is 4.92. The molecule has 0 unspecified atom stereocenters. The van der Waals surface area contributed by atoms with E-state index in [1.165, 1.54) is 0 Å². The molecule has 0 bridgehead atoms. The third-order valence-electron chi connectivity index (χ3n) is 2.79. The van der Waals surface area contributed by atoms with Crippen LogP contribution in [0.1, 0.15) is 33.3 Å². The van der Waals surface area contributed by atoms with Gasteiger partial charge in [0.25, 0.3) is 0 Å². The molecule has 0 aliphatic heterocycles. The van der Waals surface area contributed by atoms with Gasteiger partial charge < -0.3 is 5.32 Å². The Bertz CT molecular complexity index is 472. The lowest BCUT2D eigenvalue weighted by Crippen LogP contribution is -2.32. The van der Waals surface area contributed by atoms with Crippen LogP contribution in [0.25, 0.3) is 0 Å². The average Bonchev–Trinajstić information content (AvgIpc) is 2.70. The van der Waals surface area contributed by atoms with Gasteiger partial charge in [-0.25, -0.2) is 8.42 Å². The Morgan fingerprint density at radius 2 is 2.06 bits per heavy atom. The fraction of sp³-hybridized carbons (Fsp3) is 0.750. The summed E-state index contributed by atoms with van der Waals surface area (Å²) in [5, 5.41) is 7.37. The molecule has 1 aromatic heterocycles. The molecular formula is C12H23N3O2S. The molecule has 0 fully saturated rings. The Morgan fingerprint density at radius 3 is 2.61 bits per heavy atom. The standard InChI is InChI=1S/C12H23N3O2S/c1-5-13-8-11-9-14-15(10-11)6-7-18(16,17)12(2,3)4/h9-10,13H,5-8H2,1-4H3. The van der Waals surface area contributed by atoms with E-state index >= 15 is 0 Å². The second-order valence-electron chi connectivity index (χ2n) is 5.32. The molecule has 0 amide bonds. The molecule has 5 nitrogen and oxygen atoms in total. The number of nitrogens with one attached hydrogen (secondary N) is 1. The zero-order valence-electron chi connectivity index (χ0n) is 11.6. The van der Waals surface area contributed by atoms with E-state index in [0.717, 1.165) is 18.7 Å². The lowest BCUT2D eigenvalue weighted by molar-refractivity contribution is 0.548. The summed E-state index contributed by atoms with van der Waals surface area (Å²) in [7, 11) is -3.08. The van der Waals surface area contributed by atoms with Crippen molar-refractivity contribution in [3.05, 3.63) is 18.0 Å². The zero-order valence-corrected chi connectivity index (χ0v) is 12.4. The van der Waals surface area contributed by atoms with Gasteiger partial charge in [0.1, 0.15) is 0 Å². The molecule has 0 aliphatic carbocycles. The fourth-order valence-electron chi connectivity index (χ4n) is 1.41. The minimum absolute atomic E-state index is 0.124. The second kappa shape index (κ2) is 5.84. The molecule has 0 aliphatic rings.